The number of carbonyl (C=O) groups is 4. The van der Waals surface area contributed by atoms with Crippen LogP contribution in [0.4, 0.5) is 4.79 Å². The third-order valence-electron chi connectivity index (χ3n) is 6.29. The number of hydrogen-bond donors (Lipinski definition) is 3. The van der Waals surface area contributed by atoms with Crippen LogP contribution in [0.25, 0.3) is 0 Å². The largest absolute Gasteiger partial charge is 0.444 e. The molecule has 0 aromatic heterocycles. The molecule has 4 N–H and O–H groups in total. The van der Waals surface area contributed by atoms with Gasteiger partial charge >= 0.3 is 6.09 Å². The van der Waals surface area contributed by atoms with Crippen molar-refractivity contribution in [3.8, 4) is 0 Å². The van der Waals surface area contributed by atoms with Gasteiger partial charge in [-0.3, -0.25) is 14.4 Å². The highest BCUT2D eigenvalue weighted by Gasteiger charge is 2.37. The summed E-state index contributed by atoms with van der Waals surface area (Å²) in [5.41, 5.74) is 7.29. The molecule has 0 heterocycles. The second kappa shape index (κ2) is 16.8. The van der Waals surface area contributed by atoms with E-state index in [0.29, 0.717) is 18.5 Å². The molecule has 2 atom stereocenters. The maximum absolute atomic E-state index is 14.1. The second-order valence-electron chi connectivity index (χ2n) is 11.2. The Kier molecular flexibility index (Phi) is 14.6. The Hall–Kier alpha value is -3.10. The Morgan fingerprint density at radius 3 is 2.18 bits per heavy atom. The third kappa shape index (κ3) is 12.5. The molecule has 0 saturated carbocycles. The van der Waals surface area contributed by atoms with Crippen molar-refractivity contribution in [1.82, 2.24) is 15.5 Å². The summed E-state index contributed by atoms with van der Waals surface area (Å²) in [4.78, 5) is 53.8. The fourth-order valence-corrected chi connectivity index (χ4v) is 4.37. The molecule has 0 aliphatic rings. The lowest BCUT2D eigenvalue weighted by atomic mass is 9.95. The molecule has 0 aliphatic heterocycles. The molecular weight excluding hydrogens is 496 g/mol. The molecule has 1 rings (SSSR count). The maximum atomic E-state index is 14.1. The molecule has 4 amide bonds. The Morgan fingerprint density at radius 1 is 0.974 bits per heavy atom. The average molecular weight is 547 g/mol. The van der Waals surface area contributed by atoms with Crippen molar-refractivity contribution in [1.29, 1.82) is 0 Å². The van der Waals surface area contributed by atoms with E-state index in [1.165, 1.54) is 4.90 Å². The summed E-state index contributed by atoms with van der Waals surface area (Å²) >= 11 is 0. The van der Waals surface area contributed by atoms with Crippen LogP contribution in [-0.4, -0.2) is 53.4 Å². The Morgan fingerprint density at radius 2 is 1.62 bits per heavy atom. The number of nitrogens with one attached hydrogen (secondary N) is 2. The van der Waals surface area contributed by atoms with Crippen molar-refractivity contribution < 1.29 is 23.9 Å². The summed E-state index contributed by atoms with van der Waals surface area (Å²) in [5, 5.41) is 5.52. The molecule has 2 unspecified atom stereocenters. The minimum Gasteiger partial charge on any atom is -0.444 e. The second-order valence-corrected chi connectivity index (χ2v) is 11.2. The summed E-state index contributed by atoms with van der Waals surface area (Å²) in [7, 11) is 0. The molecule has 0 bridgehead atoms. The summed E-state index contributed by atoms with van der Waals surface area (Å²) in [5.74, 6) is -1.60. The van der Waals surface area contributed by atoms with Gasteiger partial charge in [0.25, 0.3) is 0 Å². The highest BCUT2D eigenvalue weighted by Crippen LogP contribution is 2.27. The van der Waals surface area contributed by atoms with Crippen molar-refractivity contribution in [2.45, 2.75) is 118 Å². The highest BCUT2D eigenvalue weighted by molar-refractivity contribution is 5.94. The first-order chi connectivity index (χ1) is 18.3. The highest BCUT2D eigenvalue weighted by atomic mass is 16.6. The van der Waals surface area contributed by atoms with Crippen LogP contribution < -0.4 is 16.4 Å². The minimum absolute atomic E-state index is 0.285. The first-order valence-corrected chi connectivity index (χ1v) is 14.2. The zero-order chi connectivity index (χ0) is 29.6. The van der Waals surface area contributed by atoms with Crippen LogP contribution in [0.1, 0.15) is 109 Å². The Labute approximate surface area is 234 Å². The van der Waals surface area contributed by atoms with E-state index < -0.39 is 42.0 Å². The predicted octanol–water partition coefficient (Wildman–Crippen LogP) is 4.83. The van der Waals surface area contributed by atoms with Crippen molar-refractivity contribution in [2.24, 2.45) is 5.73 Å². The molecule has 39 heavy (non-hydrogen) atoms. The number of unbranched alkanes of at least 4 members (excludes halogenated alkanes) is 5. The molecule has 9 nitrogen and oxygen atoms in total. The smallest absolute Gasteiger partial charge is 0.408 e. The third-order valence-corrected chi connectivity index (χ3v) is 6.29. The van der Waals surface area contributed by atoms with Gasteiger partial charge in [-0.15, -0.1) is 0 Å². The van der Waals surface area contributed by atoms with Crippen LogP contribution in [0.2, 0.25) is 0 Å². The number of aryl methyl sites for hydroxylation is 2. The fraction of sp³-hybridized carbons (Fsp3) is 0.667. The van der Waals surface area contributed by atoms with Gasteiger partial charge in [-0.2, -0.15) is 0 Å². The lowest BCUT2D eigenvalue weighted by Gasteiger charge is -2.35. The molecule has 1 aromatic carbocycles. The molecule has 0 fully saturated rings. The molecular formula is C30H50N4O5. The minimum atomic E-state index is -1.27. The Bertz CT molecular complexity index is 957. The van der Waals surface area contributed by atoms with E-state index in [0.717, 1.165) is 49.7 Å². The van der Waals surface area contributed by atoms with Crippen molar-refractivity contribution in [3.63, 3.8) is 0 Å². The van der Waals surface area contributed by atoms with Gasteiger partial charge in [0.2, 0.25) is 17.7 Å². The lowest BCUT2D eigenvalue weighted by molar-refractivity contribution is -0.143. The van der Waals surface area contributed by atoms with Gasteiger partial charge in [-0.05, 0) is 58.6 Å². The van der Waals surface area contributed by atoms with Crippen LogP contribution in [-0.2, 0) is 19.1 Å². The van der Waals surface area contributed by atoms with Gasteiger partial charge in [-0.25, -0.2) is 4.79 Å². The maximum Gasteiger partial charge on any atom is 0.408 e. The summed E-state index contributed by atoms with van der Waals surface area (Å²) in [6.45, 7) is 13.9. The molecule has 220 valence electrons. The number of nitrogens with zero attached hydrogens (tertiary/aromatic N) is 1. The monoisotopic (exact) mass is 546 g/mol. The number of ether oxygens (including phenoxy) is 1. The van der Waals surface area contributed by atoms with E-state index in [2.05, 4.69) is 17.6 Å². The number of nitrogens with two attached hydrogens (primary N) is 1. The standard InChI is InChI=1S/C30H50N4O5/c1-8-10-12-13-14-18-34(28(37)24(20-25(31)35)33-29(38)39-30(5,6)7)26(27(36)32-17-11-9-2)23-16-15-21(3)19-22(23)4/h15-16,19,24,26H,8-14,17-18,20H2,1-7H3,(H2,31,35)(H,32,36)(H,33,38). The number of benzene rings is 1. The van der Waals surface area contributed by atoms with E-state index in [1.54, 1.807) is 20.8 Å². The topological polar surface area (TPSA) is 131 Å². The van der Waals surface area contributed by atoms with Gasteiger partial charge in [0, 0.05) is 13.1 Å². The molecule has 0 saturated heterocycles. The van der Waals surface area contributed by atoms with Crippen LogP contribution >= 0.6 is 0 Å². The predicted molar refractivity (Wildman–Crippen MR) is 154 cm³/mol. The van der Waals surface area contributed by atoms with Gasteiger partial charge in [0.05, 0.1) is 6.42 Å². The van der Waals surface area contributed by atoms with Crippen LogP contribution in [0.5, 0.6) is 0 Å². The van der Waals surface area contributed by atoms with Gasteiger partial charge < -0.3 is 26.0 Å². The normalized spacial score (nSPS) is 12.8. The fourth-order valence-electron chi connectivity index (χ4n) is 4.37. The first-order valence-electron chi connectivity index (χ1n) is 14.2. The van der Waals surface area contributed by atoms with Crippen molar-refractivity contribution >= 4 is 23.8 Å². The number of rotatable bonds is 16. The SMILES string of the molecule is CCCCCCCN(C(=O)C(CC(N)=O)NC(=O)OC(C)(C)C)C(C(=O)NCCCC)c1ccc(C)cc1C. The van der Waals surface area contributed by atoms with Crippen molar-refractivity contribution in [2.75, 3.05) is 13.1 Å². The summed E-state index contributed by atoms with van der Waals surface area (Å²) in [6.07, 6.45) is 5.19. The van der Waals surface area contributed by atoms with E-state index in [-0.39, 0.29) is 12.5 Å². The lowest BCUT2D eigenvalue weighted by Crippen LogP contribution is -2.54. The van der Waals surface area contributed by atoms with E-state index in [9.17, 15) is 19.2 Å². The summed E-state index contributed by atoms with van der Waals surface area (Å²) < 4.78 is 5.34. The first kappa shape index (κ1) is 33.9. The number of carbonyl (C=O) groups excluding carboxylic acids is 4. The van der Waals surface area contributed by atoms with E-state index in [4.69, 9.17) is 10.5 Å². The molecule has 0 radical (unpaired) electrons. The van der Waals surface area contributed by atoms with Gasteiger partial charge in [0.1, 0.15) is 17.7 Å². The number of primary amides is 1. The van der Waals surface area contributed by atoms with Gasteiger partial charge in [-0.1, -0.05) is 69.7 Å². The van der Waals surface area contributed by atoms with Gasteiger partial charge in [0.15, 0.2) is 0 Å². The molecule has 1 aromatic rings. The molecule has 9 heteroatoms. The quantitative estimate of drug-likeness (QED) is 0.256. The van der Waals surface area contributed by atoms with Crippen molar-refractivity contribution in [3.05, 3.63) is 34.9 Å². The summed E-state index contributed by atoms with van der Waals surface area (Å²) in [6, 6.07) is 3.56. The van der Waals surface area contributed by atoms with E-state index >= 15 is 0 Å². The number of amides is 4. The van der Waals surface area contributed by atoms with Crippen LogP contribution in [0.3, 0.4) is 0 Å². The zero-order valence-electron chi connectivity index (χ0n) is 25.0. The zero-order valence-corrected chi connectivity index (χ0v) is 25.0. The van der Waals surface area contributed by atoms with E-state index in [1.807, 2.05) is 39.0 Å². The number of alkyl carbamates (subject to hydrolysis) is 1. The average Bonchev–Trinajstić information content (AvgIpc) is 2.82. The van der Waals surface area contributed by atoms with Crippen LogP contribution in [0, 0.1) is 13.8 Å². The number of hydrogen-bond acceptors (Lipinski definition) is 5. The Balaban J connectivity index is 3.51. The van der Waals surface area contributed by atoms with Crippen LogP contribution in [0.15, 0.2) is 18.2 Å². The molecule has 0 spiro atoms. The molecule has 0 aliphatic carbocycles.